The van der Waals surface area contributed by atoms with E-state index in [-0.39, 0.29) is 57.2 Å². The molecule has 0 aromatic carbocycles. The maximum Gasteiger partial charge on any atom is 0.246 e. The number of hydrogen-bond acceptors (Lipinski definition) is 4. The number of fused-ring (bicyclic) bond motifs is 5. The van der Waals surface area contributed by atoms with Gasteiger partial charge in [-0.3, -0.25) is 9.59 Å². The molecule has 8 unspecified atom stereocenters. The zero-order valence-corrected chi connectivity index (χ0v) is 40.6. The Morgan fingerprint density at radius 2 is 1.45 bits per heavy atom. The molecule has 7 nitrogen and oxygen atoms in total. The Morgan fingerprint density at radius 1 is 0.836 bits per heavy atom. The molecule has 3 fully saturated rings. The third-order valence-electron chi connectivity index (χ3n) is 14.7. The van der Waals surface area contributed by atoms with Crippen LogP contribution < -0.4 is 16.0 Å². The minimum Gasteiger partial charge on any atom is -0.530 e. The van der Waals surface area contributed by atoms with Gasteiger partial charge in [-0.2, -0.15) is 6.41 Å². The zero-order chi connectivity index (χ0) is 40.5. The Hall–Kier alpha value is -0.786. The molecule has 4 aliphatic rings. The fraction of sp³-hybridized carbons (Fsp3) is 0.894. The van der Waals surface area contributed by atoms with Crippen LogP contribution in [0.4, 0.5) is 0 Å². The molecule has 0 aliphatic heterocycles. The molecule has 3 N–H and O–H groups in total. The number of allylic oxidation sites excluding steroid dienone is 1. The third-order valence-corrected chi connectivity index (χ3v) is 14.7. The molecule has 4 rings (SSSR count). The summed E-state index contributed by atoms with van der Waals surface area (Å²) in [4.78, 5) is 32.2. The van der Waals surface area contributed by atoms with Crippen molar-refractivity contribution in [2.75, 3.05) is 26.2 Å². The van der Waals surface area contributed by atoms with Crippen molar-refractivity contribution >= 4 is 18.2 Å². The number of ether oxygens (including phenoxy) is 1. The predicted octanol–water partition coefficient (Wildman–Crippen LogP) is 10.4. The van der Waals surface area contributed by atoms with Gasteiger partial charge in [0, 0.05) is 52.7 Å². The standard InChI is InChI=1S/C34H59NO2.C7H15NO.C6H12NO.Y/c1-8-24(4)21-35-32(36)22-37-27-16-18-33(6)26(20-27)12-13-28-30-15-14-29(25(5)11-9-10-23(2)3)34(30,7)19-17-31(28)33;1-4-6(2)5-8-7(3)9;1-3-6(2)4-7-5-8;/h12,23-25,27-31H,8-11,13-22H2,1-7H3,(H,35,36);6H,4-5H2,1-3H3,(H,8,9);6H,3-4H2,1-2H3,(H,7,8);/q;;-1;/t24?,25?,27-,28?,29?,30?,31?,33-,34+;;;/m0.../s1. The van der Waals surface area contributed by atoms with Gasteiger partial charge < -0.3 is 25.5 Å². The van der Waals surface area contributed by atoms with Crippen LogP contribution in [0.15, 0.2) is 11.6 Å². The first kappa shape index (κ1) is 52.2. The van der Waals surface area contributed by atoms with Gasteiger partial charge in [0.2, 0.25) is 11.8 Å². The summed E-state index contributed by atoms with van der Waals surface area (Å²) in [5.74, 6) is 7.12. The molecule has 0 heterocycles. The normalized spacial score (nSPS) is 30.1. The number of amides is 3. The van der Waals surface area contributed by atoms with Crippen molar-refractivity contribution in [1.29, 1.82) is 0 Å². The van der Waals surface area contributed by atoms with Gasteiger partial charge in [-0.05, 0) is 122 Å². The molecule has 4 aliphatic carbocycles. The molecule has 0 aromatic heterocycles. The van der Waals surface area contributed by atoms with Crippen LogP contribution >= 0.6 is 0 Å². The van der Waals surface area contributed by atoms with E-state index in [1.807, 2.05) is 0 Å². The van der Waals surface area contributed by atoms with Crippen LogP contribution in [0.1, 0.15) is 173 Å². The van der Waals surface area contributed by atoms with Crippen molar-refractivity contribution in [3.8, 4) is 0 Å². The van der Waals surface area contributed by atoms with E-state index in [1.54, 1.807) is 18.9 Å². The Morgan fingerprint density at radius 3 is 2.04 bits per heavy atom. The maximum absolute atomic E-state index is 12.3. The average molecular weight is 846 g/mol. The summed E-state index contributed by atoms with van der Waals surface area (Å²) in [6, 6.07) is 0. The van der Waals surface area contributed by atoms with Crippen LogP contribution in [0.3, 0.4) is 0 Å². The predicted molar refractivity (Wildman–Crippen MR) is 227 cm³/mol. The summed E-state index contributed by atoms with van der Waals surface area (Å²) in [6.07, 6.45) is 22.5. The second-order valence-electron chi connectivity index (χ2n) is 19.2. The Kier molecular flexibility index (Phi) is 25.0. The van der Waals surface area contributed by atoms with E-state index in [1.165, 1.54) is 57.8 Å². The fourth-order valence-corrected chi connectivity index (χ4v) is 10.3. The second-order valence-corrected chi connectivity index (χ2v) is 19.2. The Bertz CT molecular complexity index is 1150. The molecular weight excluding hydrogens is 759 g/mol. The molecule has 11 atom stereocenters. The molecule has 1 radical (unpaired) electrons. The molecule has 55 heavy (non-hydrogen) atoms. The first-order chi connectivity index (χ1) is 25.6. The SMILES string of the molecule is CCC(C)CNC(=O)CO[C@H]1CC[C@@]2(C)C(=CCC3C4CCC(C(C)CCCC(C)C)[C@@]4(C)CCC32)C1.CCC(C)CNC(C)=O.CCC(C)CN[C-]=O.[Y]. The molecule has 3 saturated carbocycles. The topological polar surface area (TPSA) is 96.5 Å². The van der Waals surface area contributed by atoms with Crippen LogP contribution in [0, 0.1) is 64.1 Å². The van der Waals surface area contributed by atoms with E-state index in [2.05, 4.69) is 98.2 Å². The molecule has 3 amide bonds. The summed E-state index contributed by atoms with van der Waals surface area (Å²) in [5, 5.41) is 8.30. The van der Waals surface area contributed by atoms with Gasteiger partial charge in [0.1, 0.15) is 6.61 Å². The van der Waals surface area contributed by atoms with Gasteiger partial charge in [-0.15, -0.1) is 0 Å². The maximum atomic E-state index is 12.3. The molecule has 0 spiro atoms. The van der Waals surface area contributed by atoms with Gasteiger partial charge in [0.25, 0.3) is 0 Å². The molecule has 0 aromatic rings. The number of rotatable bonds is 18. The van der Waals surface area contributed by atoms with Crippen LogP contribution in [-0.2, 0) is 51.8 Å². The third kappa shape index (κ3) is 16.4. The van der Waals surface area contributed by atoms with Crippen molar-refractivity contribution in [2.45, 2.75) is 179 Å². The fourth-order valence-electron chi connectivity index (χ4n) is 10.3. The monoisotopic (exact) mass is 846 g/mol. The van der Waals surface area contributed by atoms with Crippen LogP contribution in [0.2, 0.25) is 0 Å². The molecule has 317 valence electrons. The average Bonchev–Trinajstić information content (AvgIpc) is 3.51. The molecule has 8 heteroatoms. The van der Waals surface area contributed by atoms with Crippen molar-refractivity contribution in [2.24, 2.45) is 64.1 Å². The number of hydrogen-bond donors (Lipinski definition) is 3. The van der Waals surface area contributed by atoms with E-state index < -0.39 is 0 Å². The Labute approximate surface area is 364 Å². The summed E-state index contributed by atoms with van der Waals surface area (Å²) >= 11 is 0. The number of carbonyl (C=O) groups excluding carboxylic acids is 3. The second kappa shape index (κ2) is 26.3. The molecule has 0 saturated heterocycles. The molecule has 0 bridgehead atoms. The largest absolute Gasteiger partial charge is 0.530 e. The summed E-state index contributed by atoms with van der Waals surface area (Å²) in [5.41, 5.74) is 2.57. The van der Waals surface area contributed by atoms with Gasteiger partial charge in [-0.25, -0.2) is 0 Å². The van der Waals surface area contributed by atoms with E-state index in [4.69, 9.17) is 4.74 Å². The van der Waals surface area contributed by atoms with Crippen molar-refractivity contribution in [1.82, 2.24) is 16.0 Å². The van der Waals surface area contributed by atoms with E-state index in [0.29, 0.717) is 28.6 Å². The summed E-state index contributed by atoms with van der Waals surface area (Å²) < 4.78 is 6.16. The molecular formula is C47H86N3O4Y-. The van der Waals surface area contributed by atoms with E-state index >= 15 is 0 Å². The van der Waals surface area contributed by atoms with Crippen molar-refractivity contribution < 1.29 is 51.8 Å². The van der Waals surface area contributed by atoms with E-state index in [9.17, 15) is 14.4 Å². The zero-order valence-electron chi connectivity index (χ0n) is 37.8. The minimum absolute atomic E-state index is 0. The number of nitrogens with one attached hydrogen (secondary N) is 3. The quantitative estimate of drug-likeness (QED) is 0.0727. The van der Waals surface area contributed by atoms with Gasteiger partial charge >= 0.3 is 0 Å². The van der Waals surface area contributed by atoms with Crippen LogP contribution in [0.25, 0.3) is 0 Å². The van der Waals surface area contributed by atoms with Gasteiger partial charge in [0.05, 0.1) is 6.10 Å². The number of carbonyl (C=O) groups is 2. The van der Waals surface area contributed by atoms with Gasteiger partial charge in [-0.1, -0.05) is 126 Å². The van der Waals surface area contributed by atoms with E-state index in [0.717, 1.165) is 87.2 Å². The first-order valence-corrected chi connectivity index (χ1v) is 22.5. The summed E-state index contributed by atoms with van der Waals surface area (Å²) in [7, 11) is 0. The van der Waals surface area contributed by atoms with Crippen LogP contribution in [-0.4, -0.2) is 50.6 Å². The first-order valence-electron chi connectivity index (χ1n) is 22.5. The van der Waals surface area contributed by atoms with Gasteiger partial charge in [0.15, 0.2) is 0 Å². The van der Waals surface area contributed by atoms with Crippen LogP contribution in [0.5, 0.6) is 0 Å². The summed E-state index contributed by atoms with van der Waals surface area (Å²) in [6.45, 7) is 29.5. The smallest absolute Gasteiger partial charge is 0.246 e. The Balaban J connectivity index is 0.000000700. The van der Waals surface area contributed by atoms with Crippen molar-refractivity contribution in [3.63, 3.8) is 0 Å². The minimum atomic E-state index is 0. The van der Waals surface area contributed by atoms with Crippen molar-refractivity contribution in [3.05, 3.63) is 11.6 Å².